The van der Waals surface area contributed by atoms with Gasteiger partial charge in [0.25, 0.3) is 5.91 Å². The van der Waals surface area contributed by atoms with E-state index in [4.69, 9.17) is 9.47 Å². The third-order valence-corrected chi connectivity index (χ3v) is 6.44. The highest BCUT2D eigenvalue weighted by Gasteiger charge is 2.13. The van der Waals surface area contributed by atoms with Gasteiger partial charge >= 0.3 is 0 Å². The fraction of sp³-hybridized carbons (Fsp3) is 0.156. The molecule has 0 saturated carbocycles. The van der Waals surface area contributed by atoms with E-state index in [0.29, 0.717) is 40.4 Å². The Morgan fingerprint density at radius 2 is 1.62 bits per heavy atom. The number of hydrogen-bond donors (Lipinski definition) is 2. The average molecular weight is 601 g/mol. The molecule has 0 bridgehead atoms. The first-order valence-electron chi connectivity index (χ1n) is 12.8. The number of amides is 2. The first-order valence-corrected chi connectivity index (χ1v) is 13.6. The molecule has 2 amide bonds. The number of aryl methyl sites for hydroxylation is 1. The molecule has 2 N–H and O–H groups in total. The Balaban J connectivity index is 1.34. The first kappa shape index (κ1) is 28.6. The number of hydrogen-bond acceptors (Lipinski definition) is 5. The summed E-state index contributed by atoms with van der Waals surface area (Å²) in [4.78, 5) is 24.8. The van der Waals surface area contributed by atoms with Gasteiger partial charge < -0.3 is 14.8 Å². The molecule has 40 heavy (non-hydrogen) atoms. The minimum Gasteiger partial charge on any atom is -0.490 e. The molecule has 0 aliphatic heterocycles. The Morgan fingerprint density at radius 3 is 2.33 bits per heavy atom. The summed E-state index contributed by atoms with van der Waals surface area (Å²) in [5, 5.41) is 6.94. The maximum absolute atomic E-state index is 12.6. The summed E-state index contributed by atoms with van der Waals surface area (Å²) >= 11 is 3.57. The number of nitrogens with one attached hydrogen (secondary N) is 2. The van der Waals surface area contributed by atoms with Crippen LogP contribution in [0.15, 0.2) is 101 Å². The largest absolute Gasteiger partial charge is 0.490 e. The number of carbonyl (C=O) groups is 2. The highest BCUT2D eigenvalue weighted by molar-refractivity contribution is 9.10. The molecule has 7 nitrogen and oxygen atoms in total. The van der Waals surface area contributed by atoms with Gasteiger partial charge in [-0.25, -0.2) is 5.43 Å². The second-order valence-corrected chi connectivity index (χ2v) is 9.88. The van der Waals surface area contributed by atoms with Crippen LogP contribution in [-0.4, -0.2) is 24.6 Å². The molecule has 0 aliphatic carbocycles. The van der Waals surface area contributed by atoms with E-state index in [-0.39, 0.29) is 18.2 Å². The Bertz CT molecular complexity index is 1470. The van der Waals surface area contributed by atoms with Gasteiger partial charge in [-0.1, -0.05) is 60.2 Å². The van der Waals surface area contributed by atoms with Gasteiger partial charge in [0.1, 0.15) is 6.61 Å². The molecule has 0 aliphatic rings. The van der Waals surface area contributed by atoms with Crippen molar-refractivity contribution in [2.24, 2.45) is 5.10 Å². The molecule has 0 radical (unpaired) electrons. The standard InChI is InChI=1S/C32H30BrN3O4/c1-3-39-29-18-25(17-28(33)31(29)40-21-24-11-9-22(2)10-12-24)20-34-36-32(38)26-13-15-27(16-14-26)35-30(37)19-23-7-5-4-6-8-23/h4-18,20H,3,19,21H2,1-2H3,(H,35,37)(H,36,38)/b34-20+. The topological polar surface area (TPSA) is 89.0 Å². The molecule has 0 saturated heterocycles. The van der Waals surface area contributed by atoms with Gasteiger partial charge in [-0.2, -0.15) is 5.10 Å². The first-order chi connectivity index (χ1) is 19.4. The van der Waals surface area contributed by atoms with E-state index in [1.165, 1.54) is 11.8 Å². The number of rotatable bonds is 11. The van der Waals surface area contributed by atoms with Crippen LogP contribution < -0.4 is 20.2 Å². The van der Waals surface area contributed by atoms with E-state index in [2.05, 4.69) is 31.8 Å². The van der Waals surface area contributed by atoms with Gasteiger partial charge in [-0.15, -0.1) is 0 Å². The summed E-state index contributed by atoms with van der Waals surface area (Å²) in [7, 11) is 0. The van der Waals surface area contributed by atoms with Crippen molar-refractivity contribution in [1.82, 2.24) is 5.43 Å². The Kier molecular flexibility index (Phi) is 10.1. The van der Waals surface area contributed by atoms with Crippen molar-refractivity contribution >= 4 is 39.6 Å². The molecule has 4 aromatic carbocycles. The number of halogens is 1. The molecule has 8 heteroatoms. The fourth-order valence-electron chi connectivity index (χ4n) is 3.83. The van der Waals surface area contributed by atoms with Crippen LogP contribution in [0.2, 0.25) is 0 Å². The third kappa shape index (κ3) is 8.28. The fourth-order valence-corrected chi connectivity index (χ4v) is 4.40. The van der Waals surface area contributed by atoms with E-state index in [9.17, 15) is 9.59 Å². The molecule has 0 spiro atoms. The summed E-state index contributed by atoms with van der Waals surface area (Å²) in [6, 6.07) is 27.9. The SMILES string of the molecule is CCOc1cc(/C=N/NC(=O)c2ccc(NC(=O)Cc3ccccc3)cc2)cc(Br)c1OCc1ccc(C)cc1. The molecular weight excluding hydrogens is 570 g/mol. The smallest absolute Gasteiger partial charge is 0.271 e. The predicted octanol–water partition coefficient (Wildman–Crippen LogP) is 6.68. The van der Waals surface area contributed by atoms with Crippen LogP contribution in [-0.2, 0) is 17.8 Å². The zero-order chi connectivity index (χ0) is 28.3. The quantitative estimate of drug-likeness (QED) is 0.149. The molecule has 0 unspecified atom stereocenters. The zero-order valence-electron chi connectivity index (χ0n) is 22.3. The second-order valence-electron chi connectivity index (χ2n) is 9.02. The van der Waals surface area contributed by atoms with Crippen molar-refractivity contribution in [3.8, 4) is 11.5 Å². The number of benzene rings is 4. The van der Waals surface area contributed by atoms with Gasteiger partial charge in [-0.3, -0.25) is 9.59 Å². The van der Waals surface area contributed by atoms with E-state index < -0.39 is 0 Å². The molecule has 4 aromatic rings. The zero-order valence-corrected chi connectivity index (χ0v) is 23.9. The Hall–Kier alpha value is -4.43. The van der Waals surface area contributed by atoms with Crippen molar-refractivity contribution in [3.63, 3.8) is 0 Å². The highest BCUT2D eigenvalue weighted by Crippen LogP contribution is 2.37. The summed E-state index contributed by atoms with van der Waals surface area (Å²) in [6.45, 7) is 4.81. The normalized spacial score (nSPS) is 10.8. The van der Waals surface area contributed by atoms with Crippen LogP contribution in [0.5, 0.6) is 11.5 Å². The van der Waals surface area contributed by atoms with Gasteiger partial charge in [0.15, 0.2) is 11.5 Å². The number of hydrazone groups is 1. The van der Waals surface area contributed by atoms with Crippen LogP contribution in [0.1, 0.15) is 39.5 Å². The maximum atomic E-state index is 12.6. The van der Waals surface area contributed by atoms with Crippen molar-refractivity contribution in [2.75, 3.05) is 11.9 Å². The van der Waals surface area contributed by atoms with Crippen LogP contribution >= 0.6 is 15.9 Å². The summed E-state index contributed by atoms with van der Waals surface area (Å²) in [5.74, 6) is 0.666. The lowest BCUT2D eigenvalue weighted by Gasteiger charge is -2.15. The number of nitrogens with zero attached hydrogens (tertiary/aromatic N) is 1. The average Bonchev–Trinajstić information content (AvgIpc) is 2.94. The monoisotopic (exact) mass is 599 g/mol. The van der Waals surface area contributed by atoms with Gasteiger partial charge in [0, 0.05) is 11.3 Å². The Labute approximate surface area is 242 Å². The van der Waals surface area contributed by atoms with Crippen molar-refractivity contribution in [2.45, 2.75) is 26.9 Å². The van der Waals surface area contributed by atoms with Crippen molar-refractivity contribution < 1.29 is 19.1 Å². The predicted molar refractivity (Wildman–Crippen MR) is 161 cm³/mol. The number of ether oxygens (including phenoxy) is 2. The molecule has 4 rings (SSSR count). The second kappa shape index (κ2) is 14.1. The van der Waals surface area contributed by atoms with Gasteiger partial charge in [-0.05, 0) is 82.9 Å². The van der Waals surface area contributed by atoms with Gasteiger partial charge in [0.05, 0.1) is 23.7 Å². The maximum Gasteiger partial charge on any atom is 0.271 e. The van der Waals surface area contributed by atoms with Crippen molar-refractivity contribution in [1.29, 1.82) is 0 Å². The van der Waals surface area contributed by atoms with E-state index in [1.54, 1.807) is 30.3 Å². The van der Waals surface area contributed by atoms with Crippen LogP contribution in [0, 0.1) is 6.92 Å². The minimum atomic E-state index is -0.374. The molecular formula is C32H30BrN3O4. The van der Waals surface area contributed by atoms with Crippen LogP contribution in [0.3, 0.4) is 0 Å². The van der Waals surface area contributed by atoms with E-state index in [1.807, 2.05) is 74.5 Å². The molecule has 0 atom stereocenters. The van der Waals surface area contributed by atoms with Gasteiger partial charge in [0.2, 0.25) is 5.91 Å². The highest BCUT2D eigenvalue weighted by atomic mass is 79.9. The minimum absolute atomic E-state index is 0.128. The summed E-state index contributed by atoms with van der Waals surface area (Å²) < 4.78 is 12.6. The lowest BCUT2D eigenvalue weighted by molar-refractivity contribution is -0.115. The molecule has 0 aromatic heterocycles. The molecule has 0 fully saturated rings. The van der Waals surface area contributed by atoms with E-state index >= 15 is 0 Å². The summed E-state index contributed by atoms with van der Waals surface area (Å²) in [6.07, 6.45) is 1.81. The van der Waals surface area contributed by atoms with Crippen molar-refractivity contribution in [3.05, 3.63) is 123 Å². The summed E-state index contributed by atoms with van der Waals surface area (Å²) in [5.41, 5.74) is 7.44. The van der Waals surface area contributed by atoms with E-state index in [0.717, 1.165) is 16.7 Å². The lowest BCUT2D eigenvalue weighted by Crippen LogP contribution is -2.18. The third-order valence-electron chi connectivity index (χ3n) is 5.85. The Morgan fingerprint density at radius 1 is 0.900 bits per heavy atom. The lowest BCUT2D eigenvalue weighted by atomic mass is 10.1. The molecule has 204 valence electrons. The number of carbonyl (C=O) groups excluding carboxylic acids is 2. The van der Waals surface area contributed by atoms with Crippen LogP contribution in [0.4, 0.5) is 5.69 Å². The molecule has 0 heterocycles. The number of anilines is 1. The van der Waals surface area contributed by atoms with Crippen LogP contribution in [0.25, 0.3) is 0 Å².